The van der Waals surface area contributed by atoms with Gasteiger partial charge < -0.3 is 24.7 Å². The van der Waals surface area contributed by atoms with E-state index in [9.17, 15) is 9.18 Å². The largest absolute Gasteiger partial charge is 0.494 e. The summed E-state index contributed by atoms with van der Waals surface area (Å²) in [6.07, 6.45) is 2.29. The molecule has 1 fully saturated rings. The molecule has 2 N–H and O–H groups in total. The summed E-state index contributed by atoms with van der Waals surface area (Å²) < 4.78 is 24.1. The summed E-state index contributed by atoms with van der Waals surface area (Å²) in [5.41, 5.74) is 1.77. The lowest BCUT2D eigenvalue weighted by molar-refractivity contribution is 0.0925. The van der Waals surface area contributed by atoms with E-state index in [0.29, 0.717) is 25.4 Å². The van der Waals surface area contributed by atoms with E-state index in [2.05, 4.69) is 25.4 Å². The fourth-order valence-corrected chi connectivity index (χ4v) is 3.69. The second kappa shape index (κ2) is 13.4. The van der Waals surface area contributed by atoms with Crippen molar-refractivity contribution in [2.24, 2.45) is 4.99 Å². The smallest absolute Gasteiger partial charge is 0.287 e. The lowest BCUT2D eigenvalue weighted by atomic mass is 10.2. The minimum atomic E-state index is -0.330. The molecule has 182 valence electrons. The standard InChI is InChI=1S/C23H32FN5O3.HI/c1-17-7-14-32-21(17)22(30)26-8-4-9-27-23(25-2)29-12-10-28(11-13-29)16-18-5-6-20(31-3)19(24)15-18;/h5-7,14-15H,4,8-13,16H2,1-3H3,(H,25,27)(H,26,30);1H. The number of ether oxygens (including phenoxy) is 1. The summed E-state index contributed by atoms with van der Waals surface area (Å²) in [5.74, 6) is 0.968. The van der Waals surface area contributed by atoms with Crippen molar-refractivity contribution in [2.45, 2.75) is 19.9 Å². The maximum atomic E-state index is 13.9. The predicted octanol–water partition coefficient (Wildman–Crippen LogP) is 2.87. The topological polar surface area (TPSA) is 82.3 Å². The van der Waals surface area contributed by atoms with Crippen molar-refractivity contribution in [3.63, 3.8) is 0 Å². The molecule has 1 aromatic carbocycles. The number of guanidine groups is 1. The molecule has 2 heterocycles. The maximum Gasteiger partial charge on any atom is 0.287 e. The molecule has 8 nitrogen and oxygen atoms in total. The zero-order valence-corrected chi connectivity index (χ0v) is 21.7. The first-order valence-electron chi connectivity index (χ1n) is 10.8. The van der Waals surface area contributed by atoms with E-state index in [1.54, 1.807) is 19.2 Å². The molecule has 1 aliphatic heterocycles. The van der Waals surface area contributed by atoms with Crippen LogP contribution in [0, 0.1) is 12.7 Å². The number of carbonyl (C=O) groups is 1. The Morgan fingerprint density at radius 3 is 2.52 bits per heavy atom. The number of benzene rings is 1. The van der Waals surface area contributed by atoms with Crippen LogP contribution >= 0.6 is 24.0 Å². The number of nitrogens with one attached hydrogen (secondary N) is 2. The van der Waals surface area contributed by atoms with Crippen LogP contribution in [0.15, 0.2) is 39.9 Å². The maximum absolute atomic E-state index is 13.9. The van der Waals surface area contributed by atoms with Crippen LogP contribution in [0.2, 0.25) is 0 Å². The number of piperazine rings is 1. The van der Waals surface area contributed by atoms with Crippen LogP contribution in [0.5, 0.6) is 5.75 Å². The molecule has 1 aromatic heterocycles. The van der Waals surface area contributed by atoms with Crippen LogP contribution in [0.4, 0.5) is 4.39 Å². The number of furan rings is 1. The second-order valence-corrected chi connectivity index (χ2v) is 7.75. The summed E-state index contributed by atoms with van der Waals surface area (Å²) in [6.45, 7) is 7.22. The number of hydrogen-bond donors (Lipinski definition) is 2. The van der Waals surface area contributed by atoms with Crippen molar-refractivity contribution in [1.82, 2.24) is 20.4 Å². The first-order valence-corrected chi connectivity index (χ1v) is 10.8. The summed E-state index contributed by atoms with van der Waals surface area (Å²) >= 11 is 0. The molecule has 1 amide bonds. The van der Waals surface area contributed by atoms with Gasteiger partial charge in [0, 0.05) is 58.4 Å². The van der Waals surface area contributed by atoms with Crippen molar-refractivity contribution in [2.75, 3.05) is 53.4 Å². The van der Waals surface area contributed by atoms with Crippen molar-refractivity contribution >= 4 is 35.8 Å². The van der Waals surface area contributed by atoms with E-state index < -0.39 is 0 Å². The Hall–Kier alpha value is -2.34. The van der Waals surface area contributed by atoms with Gasteiger partial charge in [0.1, 0.15) is 0 Å². The van der Waals surface area contributed by atoms with Gasteiger partial charge >= 0.3 is 0 Å². The molecule has 0 radical (unpaired) electrons. The molecule has 10 heteroatoms. The first kappa shape index (κ1) is 26.9. The monoisotopic (exact) mass is 573 g/mol. The van der Waals surface area contributed by atoms with Crippen molar-refractivity contribution < 1.29 is 18.3 Å². The highest BCUT2D eigenvalue weighted by molar-refractivity contribution is 14.0. The Kier molecular flexibility index (Phi) is 10.9. The van der Waals surface area contributed by atoms with Gasteiger partial charge in [-0.1, -0.05) is 6.07 Å². The number of rotatable bonds is 8. The fourth-order valence-electron chi connectivity index (χ4n) is 3.69. The minimum Gasteiger partial charge on any atom is -0.494 e. The van der Waals surface area contributed by atoms with Gasteiger partial charge in [-0.05, 0) is 37.1 Å². The van der Waals surface area contributed by atoms with Gasteiger partial charge in [0.25, 0.3) is 5.91 Å². The van der Waals surface area contributed by atoms with Crippen LogP contribution < -0.4 is 15.4 Å². The number of hydrogen-bond acceptors (Lipinski definition) is 5. The van der Waals surface area contributed by atoms with Crippen LogP contribution in [0.3, 0.4) is 0 Å². The Labute approximate surface area is 211 Å². The van der Waals surface area contributed by atoms with Crippen molar-refractivity contribution in [1.29, 1.82) is 0 Å². The molecule has 3 rings (SSSR count). The van der Waals surface area contributed by atoms with Crippen LogP contribution in [0.25, 0.3) is 0 Å². The highest BCUT2D eigenvalue weighted by Gasteiger charge is 2.20. The fraction of sp³-hybridized carbons (Fsp3) is 0.478. The third-order valence-corrected chi connectivity index (χ3v) is 5.50. The van der Waals surface area contributed by atoms with E-state index in [-0.39, 0.29) is 41.5 Å². The van der Waals surface area contributed by atoms with Gasteiger partial charge in [-0.15, -0.1) is 24.0 Å². The Morgan fingerprint density at radius 1 is 1.18 bits per heavy atom. The number of halogens is 2. The third-order valence-electron chi connectivity index (χ3n) is 5.50. The summed E-state index contributed by atoms with van der Waals surface area (Å²) in [4.78, 5) is 21.0. The highest BCUT2D eigenvalue weighted by Crippen LogP contribution is 2.19. The molecule has 0 bridgehead atoms. The quantitative estimate of drug-likeness (QED) is 0.219. The molecule has 1 saturated heterocycles. The van der Waals surface area contributed by atoms with Gasteiger partial charge in [0.15, 0.2) is 23.3 Å². The molecule has 2 aromatic rings. The Bertz CT molecular complexity index is 929. The van der Waals surface area contributed by atoms with E-state index in [4.69, 9.17) is 9.15 Å². The summed E-state index contributed by atoms with van der Waals surface area (Å²) in [5, 5.41) is 6.23. The van der Waals surface area contributed by atoms with Gasteiger partial charge in [0.05, 0.1) is 13.4 Å². The molecule has 0 spiro atoms. The number of nitrogens with zero attached hydrogens (tertiary/aromatic N) is 3. The molecule has 0 unspecified atom stereocenters. The molecule has 33 heavy (non-hydrogen) atoms. The lowest BCUT2D eigenvalue weighted by Crippen LogP contribution is -2.52. The van der Waals surface area contributed by atoms with Crippen LogP contribution in [-0.2, 0) is 6.54 Å². The average molecular weight is 573 g/mol. The molecule has 0 aliphatic carbocycles. The number of carbonyl (C=O) groups excluding carboxylic acids is 1. The molecular formula is C23H33FIN5O3. The molecule has 0 saturated carbocycles. The molecule has 1 aliphatic rings. The average Bonchev–Trinajstić information content (AvgIpc) is 3.23. The van der Waals surface area contributed by atoms with Gasteiger partial charge in [-0.2, -0.15) is 0 Å². The highest BCUT2D eigenvalue weighted by atomic mass is 127. The third kappa shape index (κ3) is 7.60. The van der Waals surface area contributed by atoms with Gasteiger partial charge in [0.2, 0.25) is 0 Å². The number of methoxy groups -OCH3 is 1. The number of aryl methyl sites for hydroxylation is 1. The SMILES string of the molecule is CN=C(NCCCNC(=O)c1occc1C)N1CCN(Cc2ccc(OC)c(F)c2)CC1.I. The van der Waals surface area contributed by atoms with Crippen LogP contribution in [0.1, 0.15) is 28.1 Å². The van der Waals surface area contributed by atoms with Crippen LogP contribution in [-0.4, -0.2) is 75.1 Å². The van der Waals surface area contributed by atoms with Gasteiger partial charge in [-0.3, -0.25) is 14.7 Å². The molecular weight excluding hydrogens is 540 g/mol. The Morgan fingerprint density at radius 2 is 1.91 bits per heavy atom. The van der Waals surface area contributed by atoms with E-state index in [1.165, 1.54) is 19.4 Å². The van der Waals surface area contributed by atoms with Crippen molar-refractivity contribution in [3.05, 3.63) is 53.2 Å². The number of amides is 1. The lowest BCUT2D eigenvalue weighted by Gasteiger charge is -2.36. The second-order valence-electron chi connectivity index (χ2n) is 7.75. The number of aliphatic imine (C=N–C) groups is 1. The zero-order valence-electron chi connectivity index (χ0n) is 19.4. The van der Waals surface area contributed by atoms with Crippen molar-refractivity contribution in [3.8, 4) is 5.75 Å². The summed E-state index contributed by atoms with van der Waals surface area (Å²) in [7, 11) is 3.24. The Balaban J connectivity index is 0.00000385. The van der Waals surface area contributed by atoms with E-state index >= 15 is 0 Å². The van der Waals surface area contributed by atoms with E-state index in [1.807, 2.05) is 13.0 Å². The van der Waals surface area contributed by atoms with Gasteiger partial charge in [-0.25, -0.2) is 4.39 Å². The van der Waals surface area contributed by atoms with E-state index in [0.717, 1.165) is 49.7 Å². The minimum absolute atomic E-state index is 0. The normalized spacial score (nSPS) is 14.5. The summed E-state index contributed by atoms with van der Waals surface area (Å²) in [6, 6.07) is 6.89. The molecule has 0 atom stereocenters. The zero-order chi connectivity index (χ0) is 22.9. The predicted molar refractivity (Wildman–Crippen MR) is 137 cm³/mol. The first-order chi connectivity index (χ1) is 15.5.